The zero-order valence-electron chi connectivity index (χ0n) is 12.7. The van der Waals surface area contributed by atoms with Crippen LogP contribution in [0.25, 0.3) is 10.2 Å². The van der Waals surface area contributed by atoms with E-state index in [4.69, 9.17) is 5.11 Å². The van der Waals surface area contributed by atoms with E-state index in [1.165, 1.54) is 11.3 Å². The maximum Gasteiger partial charge on any atom is 0.305 e. The first-order chi connectivity index (χ1) is 10.4. The van der Waals surface area contributed by atoms with Crippen LogP contribution in [0.4, 0.5) is 0 Å². The van der Waals surface area contributed by atoms with Crippen molar-refractivity contribution in [2.24, 2.45) is 7.05 Å². The van der Waals surface area contributed by atoms with Gasteiger partial charge in [0.25, 0.3) is 5.91 Å². The van der Waals surface area contributed by atoms with Gasteiger partial charge in [-0.2, -0.15) is 5.10 Å². The lowest BCUT2D eigenvalue weighted by molar-refractivity contribution is -0.138. The minimum Gasteiger partial charge on any atom is -0.481 e. The molecule has 1 amide bonds. The van der Waals surface area contributed by atoms with Crippen molar-refractivity contribution in [1.29, 1.82) is 0 Å². The van der Waals surface area contributed by atoms with Crippen LogP contribution in [0.1, 0.15) is 47.5 Å². The third-order valence-electron chi connectivity index (χ3n) is 4.35. The number of amides is 1. The second kappa shape index (κ2) is 5.39. The van der Waals surface area contributed by atoms with Crippen molar-refractivity contribution < 1.29 is 14.7 Å². The number of nitrogens with one attached hydrogen (secondary N) is 1. The summed E-state index contributed by atoms with van der Waals surface area (Å²) in [5.41, 5.74) is 0.306. The Hall–Kier alpha value is -1.89. The molecule has 2 N–H and O–H groups in total. The van der Waals surface area contributed by atoms with Gasteiger partial charge in [0, 0.05) is 12.4 Å². The van der Waals surface area contributed by atoms with Gasteiger partial charge < -0.3 is 10.4 Å². The highest BCUT2D eigenvalue weighted by atomic mass is 32.1. The lowest BCUT2D eigenvalue weighted by atomic mass is 9.93. The molecule has 1 aliphatic carbocycles. The summed E-state index contributed by atoms with van der Waals surface area (Å²) in [5, 5.41) is 17.4. The largest absolute Gasteiger partial charge is 0.481 e. The zero-order valence-corrected chi connectivity index (χ0v) is 13.5. The highest BCUT2D eigenvalue weighted by Crippen LogP contribution is 2.34. The Labute approximate surface area is 132 Å². The van der Waals surface area contributed by atoms with Gasteiger partial charge in [0.15, 0.2) is 0 Å². The lowest BCUT2D eigenvalue weighted by Crippen LogP contribution is -2.47. The molecule has 2 aromatic heterocycles. The molecule has 2 heterocycles. The van der Waals surface area contributed by atoms with E-state index in [0.29, 0.717) is 4.88 Å². The fourth-order valence-electron chi connectivity index (χ4n) is 3.31. The third kappa shape index (κ3) is 2.61. The Balaban J connectivity index is 1.85. The van der Waals surface area contributed by atoms with Gasteiger partial charge in [0.05, 0.1) is 22.5 Å². The van der Waals surface area contributed by atoms with E-state index in [1.54, 1.807) is 4.68 Å². The van der Waals surface area contributed by atoms with Gasteiger partial charge in [-0.25, -0.2) is 0 Å². The predicted octanol–water partition coefficient (Wildman–Crippen LogP) is 2.46. The van der Waals surface area contributed by atoms with Gasteiger partial charge in [-0.05, 0) is 25.8 Å². The molecule has 0 saturated heterocycles. The molecule has 1 aliphatic rings. The topological polar surface area (TPSA) is 84.2 Å². The molecule has 6 nitrogen and oxygen atoms in total. The molecule has 2 aromatic rings. The summed E-state index contributed by atoms with van der Waals surface area (Å²) in [6.07, 6.45) is 3.38. The smallest absolute Gasteiger partial charge is 0.305 e. The zero-order chi connectivity index (χ0) is 15.9. The van der Waals surface area contributed by atoms with Crippen molar-refractivity contribution in [2.75, 3.05) is 0 Å². The van der Waals surface area contributed by atoms with E-state index >= 15 is 0 Å². The van der Waals surface area contributed by atoms with Crippen molar-refractivity contribution in [3.8, 4) is 0 Å². The van der Waals surface area contributed by atoms with Crippen LogP contribution in [-0.2, 0) is 11.8 Å². The number of carboxylic acid groups (broad SMARTS) is 1. The van der Waals surface area contributed by atoms with E-state index in [2.05, 4.69) is 10.4 Å². The number of aromatic nitrogens is 2. The summed E-state index contributed by atoms with van der Waals surface area (Å²) in [6.45, 7) is 1.92. The normalized spacial score (nSPS) is 17.0. The summed E-state index contributed by atoms with van der Waals surface area (Å²) in [7, 11) is 1.86. The van der Waals surface area contributed by atoms with Crippen molar-refractivity contribution in [3.63, 3.8) is 0 Å². The van der Waals surface area contributed by atoms with Crippen LogP contribution >= 0.6 is 11.3 Å². The molecule has 7 heteroatoms. The molecule has 22 heavy (non-hydrogen) atoms. The number of hydrogen-bond donors (Lipinski definition) is 2. The summed E-state index contributed by atoms with van der Waals surface area (Å²) in [6, 6.07) is 1.85. The number of aryl methyl sites for hydroxylation is 2. The molecular formula is C15H19N3O3S. The van der Waals surface area contributed by atoms with Crippen LogP contribution < -0.4 is 5.32 Å². The second-order valence-electron chi connectivity index (χ2n) is 6.05. The van der Waals surface area contributed by atoms with E-state index in [0.717, 1.165) is 41.6 Å². The van der Waals surface area contributed by atoms with Gasteiger partial charge in [-0.1, -0.05) is 12.8 Å². The fraction of sp³-hybridized carbons (Fsp3) is 0.533. The van der Waals surface area contributed by atoms with Gasteiger partial charge in [0.1, 0.15) is 4.83 Å². The van der Waals surface area contributed by atoms with E-state index < -0.39 is 11.5 Å². The molecular weight excluding hydrogens is 302 g/mol. The molecule has 0 spiro atoms. The number of aliphatic carboxylic acids is 1. The molecule has 1 fully saturated rings. The maximum atomic E-state index is 12.6. The second-order valence-corrected chi connectivity index (χ2v) is 7.08. The molecule has 0 aromatic carbocycles. The quantitative estimate of drug-likeness (QED) is 0.906. The van der Waals surface area contributed by atoms with Crippen molar-refractivity contribution in [3.05, 3.63) is 16.6 Å². The van der Waals surface area contributed by atoms with Crippen LogP contribution in [0, 0.1) is 6.92 Å². The number of thiophene rings is 1. The molecule has 0 aliphatic heterocycles. The van der Waals surface area contributed by atoms with Crippen molar-refractivity contribution in [1.82, 2.24) is 15.1 Å². The van der Waals surface area contributed by atoms with Gasteiger partial charge in [-0.15, -0.1) is 11.3 Å². The summed E-state index contributed by atoms with van der Waals surface area (Å²) < 4.78 is 1.77. The molecule has 0 atom stereocenters. The molecule has 3 rings (SSSR count). The average Bonchev–Trinajstić information content (AvgIpc) is 3.09. The highest BCUT2D eigenvalue weighted by molar-refractivity contribution is 7.20. The Morgan fingerprint density at radius 2 is 2.14 bits per heavy atom. The summed E-state index contributed by atoms with van der Waals surface area (Å²) >= 11 is 1.39. The van der Waals surface area contributed by atoms with Gasteiger partial charge in [0.2, 0.25) is 0 Å². The first-order valence-corrected chi connectivity index (χ1v) is 8.19. The Bertz CT molecular complexity index is 706. The fourth-order valence-corrected chi connectivity index (χ4v) is 4.33. The minimum absolute atomic E-state index is 0.00970. The molecule has 1 saturated carbocycles. The Morgan fingerprint density at radius 1 is 1.45 bits per heavy atom. The number of carboxylic acids is 1. The van der Waals surface area contributed by atoms with E-state index in [1.807, 2.05) is 20.0 Å². The van der Waals surface area contributed by atoms with Crippen LogP contribution in [0.3, 0.4) is 0 Å². The van der Waals surface area contributed by atoms with Gasteiger partial charge >= 0.3 is 5.97 Å². The molecule has 118 valence electrons. The first kappa shape index (κ1) is 15.0. The van der Waals surface area contributed by atoms with Crippen LogP contribution in [-0.4, -0.2) is 32.3 Å². The number of nitrogens with zero attached hydrogens (tertiary/aromatic N) is 2. The molecule has 0 unspecified atom stereocenters. The van der Waals surface area contributed by atoms with E-state index in [-0.39, 0.29) is 12.3 Å². The average molecular weight is 321 g/mol. The standard InChI is InChI=1S/C15H19N3O3S/c1-9-10-7-11(22-14(10)18(2)17-9)13(21)16-15(8-12(19)20)5-3-4-6-15/h7H,3-6,8H2,1-2H3,(H,16,21)(H,19,20). The SMILES string of the molecule is Cc1nn(C)c2sc(C(=O)NC3(CC(=O)O)CCCC3)cc12. The summed E-state index contributed by atoms with van der Waals surface area (Å²) in [4.78, 5) is 25.2. The maximum absolute atomic E-state index is 12.6. The Morgan fingerprint density at radius 3 is 2.73 bits per heavy atom. The van der Waals surface area contributed by atoms with E-state index in [9.17, 15) is 9.59 Å². The molecule has 0 radical (unpaired) electrons. The van der Waals surface area contributed by atoms with Gasteiger partial charge in [-0.3, -0.25) is 14.3 Å². The van der Waals surface area contributed by atoms with Crippen LogP contribution in [0.2, 0.25) is 0 Å². The Kier molecular flexibility index (Phi) is 3.68. The third-order valence-corrected chi connectivity index (χ3v) is 5.55. The van der Waals surface area contributed by atoms with Crippen molar-refractivity contribution in [2.45, 2.75) is 44.6 Å². The number of fused-ring (bicyclic) bond motifs is 1. The van der Waals surface area contributed by atoms with Crippen LogP contribution in [0.5, 0.6) is 0 Å². The number of carbonyl (C=O) groups is 2. The first-order valence-electron chi connectivity index (χ1n) is 7.38. The number of carbonyl (C=O) groups excluding carboxylic acids is 1. The number of hydrogen-bond acceptors (Lipinski definition) is 4. The highest BCUT2D eigenvalue weighted by Gasteiger charge is 2.38. The van der Waals surface area contributed by atoms with Crippen molar-refractivity contribution >= 4 is 33.4 Å². The minimum atomic E-state index is -0.862. The number of rotatable bonds is 4. The monoisotopic (exact) mass is 321 g/mol. The lowest BCUT2D eigenvalue weighted by Gasteiger charge is -2.28. The predicted molar refractivity (Wildman–Crippen MR) is 84.2 cm³/mol. The van der Waals surface area contributed by atoms with Crippen LogP contribution in [0.15, 0.2) is 6.07 Å². The molecule has 0 bridgehead atoms. The summed E-state index contributed by atoms with van der Waals surface area (Å²) in [5.74, 6) is -1.04.